The molecule has 80 valence electrons. The lowest BCUT2D eigenvalue weighted by Gasteiger charge is -2.20. The van der Waals surface area contributed by atoms with Gasteiger partial charge in [-0.15, -0.1) is 11.8 Å². The van der Waals surface area contributed by atoms with Crippen LogP contribution in [0.5, 0.6) is 11.5 Å². The Bertz CT molecular complexity index is 364. The Labute approximate surface area is 93.1 Å². The van der Waals surface area contributed by atoms with Crippen LogP contribution >= 0.6 is 11.8 Å². The molecular weight excluding hydrogens is 210 g/mol. The number of rotatable bonds is 1. The van der Waals surface area contributed by atoms with Crippen molar-refractivity contribution in [3.05, 3.63) is 23.8 Å². The van der Waals surface area contributed by atoms with Crippen molar-refractivity contribution in [3.63, 3.8) is 0 Å². The Hall–Kier alpha value is -0.870. The molecule has 0 amide bonds. The Morgan fingerprint density at radius 2 is 2.07 bits per heavy atom. The van der Waals surface area contributed by atoms with E-state index in [4.69, 9.17) is 9.47 Å². The highest BCUT2D eigenvalue weighted by Gasteiger charge is 2.19. The van der Waals surface area contributed by atoms with E-state index in [9.17, 15) is 0 Å². The van der Waals surface area contributed by atoms with Gasteiger partial charge in [0, 0.05) is 12.3 Å². The van der Waals surface area contributed by atoms with Crippen LogP contribution in [0, 0.1) is 0 Å². The van der Waals surface area contributed by atoms with E-state index < -0.39 is 0 Å². The molecule has 1 unspecified atom stereocenters. The van der Waals surface area contributed by atoms with Crippen LogP contribution < -0.4 is 14.8 Å². The number of benzene rings is 1. The normalized spacial score (nSPS) is 24.1. The predicted octanol–water partition coefficient (Wildman–Crippen LogP) is 1.79. The lowest BCUT2D eigenvalue weighted by molar-refractivity contribution is 0.171. The first-order chi connectivity index (χ1) is 7.43. The van der Waals surface area contributed by atoms with Gasteiger partial charge in [0.2, 0.25) is 0 Å². The number of fused-ring (bicyclic) bond motifs is 1. The number of nitrogens with one attached hydrogen (secondary N) is 1. The maximum Gasteiger partial charge on any atom is 0.161 e. The molecule has 0 aliphatic carbocycles. The van der Waals surface area contributed by atoms with E-state index in [1.54, 1.807) is 0 Å². The highest BCUT2D eigenvalue weighted by atomic mass is 32.2. The Morgan fingerprint density at radius 3 is 2.87 bits per heavy atom. The van der Waals surface area contributed by atoms with Crippen LogP contribution in [0.15, 0.2) is 18.2 Å². The van der Waals surface area contributed by atoms with Gasteiger partial charge in [0.15, 0.2) is 11.5 Å². The molecule has 0 saturated carbocycles. The van der Waals surface area contributed by atoms with Gasteiger partial charge in [-0.2, -0.15) is 0 Å². The predicted molar refractivity (Wildman–Crippen MR) is 60.6 cm³/mol. The SMILES string of the molecule is c1cc2c(cc1C1NCCS1)OCCO2. The third-order valence-corrected chi connectivity index (χ3v) is 3.80. The topological polar surface area (TPSA) is 30.5 Å². The van der Waals surface area contributed by atoms with E-state index in [0.717, 1.165) is 18.0 Å². The first-order valence-electron chi connectivity index (χ1n) is 5.18. The van der Waals surface area contributed by atoms with E-state index in [2.05, 4.69) is 17.4 Å². The summed E-state index contributed by atoms with van der Waals surface area (Å²) < 4.78 is 11.1. The highest BCUT2D eigenvalue weighted by Crippen LogP contribution is 2.36. The maximum atomic E-state index is 5.56. The zero-order valence-corrected chi connectivity index (χ0v) is 9.18. The molecule has 3 nitrogen and oxygen atoms in total. The quantitative estimate of drug-likeness (QED) is 0.786. The van der Waals surface area contributed by atoms with Crippen molar-refractivity contribution in [1.82, 2.24) is 5.32 Å². The second kappa shape index (κ2) is 3.94. The van der Waals surface area contributed by atoms with E-state index in [-0.39, 0.29) is 0 Å². The average Bonchev–Trinajstić information content (AvgIpc) is 2.82. The standard InChI is InChI=1S/C11H13NO2S/c1-2-9-10(14-5-4-13-9)7-8(1)11-12-3-6-15-11/h1-2,7,11-12H,3-6H2. The Balaban J connectivity index is 1.89. The summed E-state index contributed by atoms with van der Waals surface area (Å²) in [5, 5.41) is 3.86. The first kappa shape index (κ1) is 9.36. The fourth-order valence-electron chi connectivity index (χ4n) is 1.86. The third kappa shape index (κ3) is 1.79. The summed E-state index contributed by atoms with van der Waals surface area (Å²) in [4.78, 5) is 0. The van der Waals surface area contributed by atoms with Crippen molar-refractivity contribution in [2.24, 2.45) is 0 Å². The van der Waals surface area contributed by atoms with Gasteiger partial charge in [-0.3, -0.25) is 0 Å². The molecule has 2 heterocycles. The molecule has 3 rings (SSSR count). The van der Waals surface area contributed by atoms with Gasteiger partial charge in [0.05, 0.1) is 5.37 Å². The van der Waals surface area contributed by atoms with Crippen molar-refractivity contribution in [3.8, 4) is 11.5 Å². The lowest BCUT2D eigenvalue weighted by Crippen LogP contribution is -2.16. The van der Waals surface area contributed by atoms with Crippen molar-refractivity contribution >= 4 is 11.8 Å². The molecule has 0 spiro atoms. The number of thioether (sulfide) groups is 1. The third-order valence-electron chi connectivity index (χ3n) is 2.59. The zero-order valence-electron chi connectivity index (χ0n) is 8.36. The zero-order chi connectivity index (χ0) is 10.1. The number of hydrogen-bond donors (Lipinski definition) is 1. The minimum atomic E-state index is 0.417. The second-order valence-electron chi connectivity index (χ2n) is 3.61. The van der Waals surface area contributed by atoms with Crippen LogP contribution in [-0.4, -0.2) is 25.5 Å². The molecule has 15 heavy (non-hydrogen) atoms. The van der Waals surface area contributed by atoms with E-state index in [1.807, 2.05) is 17.8 Å². The van der Waals surface area contributed by atoms with E-state index in [0.29, 0.717) is 18.6 Å². The maximum absolute atomic E-state index is 5.56. The van der Waals surface area contributed by atoms with Gasteiger partial charge in [-0.05, 0) is 17.7 Å². The lowest BCUT2D eigenvalue weighted by atomic mass is 10.2. The minimum absolute atomic E-state index is 0.417. The molecule has 2 aliphatic rings. The van der Waals surface area contributed by atoms with Crippen LogP contribution in [0.2, 0.25) is 0 Å². The van der Waals surface area contributed by atoms with Gasteiger partial charge in [0.1, 0.15) is 13.2 Å². The van der Waals surface area contributed by atoms with Crippen molar-refractivity contribution in [2.75, 3.05) is 25.5 Å². The van der Waals surface area contributed by atoms with Crippen LogP contribution in [-0.2, 0) is 0 Å². The Kier molecular flexibility index (Phi) is 2.46. The molecule has 0 radical (unpaired) electrons. The van der Waals surface area contributed by atoms with Crippen LogP contribution in [0.4, 0.5) is 0 Å². The summed E-state index contributed by atoms with van der Waals surface area (Å²) >= 11 is 1.94. The molecule has 1 fully saturated rings. The monoisotopic (exact) mass is 223 g/mol. The molecule has 1 aromatic carbocycles. The van der Waals surface area contributed by atoms with Crippen molar-refractivity contribution in [1.29, 1.82) is 0 Å². The molecule has 1 N–H and O–H groups in total. The summed E-state index contributed by atoms with van der Waals surface area (Å²) in [5.41, 5.74) is 1.28. The van der Waals surface area contributed by atoms with Gasteiger partial charge in [0.25, 0.3) is 0 Å². The molecule has 1 saturated heterocycles. The highest BCUT2D eigenvalue weighted by molar-refractivity contribution is 7.99. The van der Waals surface area contributed by atoms with Gasteiger partial charge < -0.3 is 14.8 Å². The molecule has 4 heteroatoms. The largest absolute Gasteiger partial charge is 0.486 e. The van der Waals surface area contributed by atoms with Crippen LogP contribution in [0.1, 0.15) is 10.9 Å². The number of ether oxygens (including phenoxy) is 2. The smallest absolute Gasteiger partial charge is 0.161 e. The average molecular weight is 223 g/mol. The molecule has 1 aromatic rings. The Morgan fingerprint density at radius 1 is 1.20 bits per heavy atom. The van der Waals surface area contributed by atoms with Crippen molar-refractivity contribution in [2.45, 2.75) is 5.37 Å². The fourth-order valence-corrected chi connectivity index (χ4v) is 2.91. The summed E-state index contributed by atoms with van der Waals surface area (Å²) in [6.45, 7) is 2.40. The molecule has 0 aromatic heterocycles. The molecule has 2 aliphatic heterocycles. The van der Waals surface area contributed by atoms with Gasteiger partial charge in [-0.25, -0.2) is 0 Å². The summed E-state index contributed by atoms with van der Waals surface area (Å²) in [6, 6.07) is 6.21. The summed E-state index contributed by atoms with van der Waals surface area (Å²) in [5.74, 6) is 2.93. The van der Waals surface area contributed by atoms with Crippen LogP contribution in [0.25, 0.3) is 0 Å². The van der Waals surface area contributed by atoms with Crippen molar-refractivity contribution < 1.29 is 9.47 Å². The number of hydrogen-bond acceptors (Lipinski definition) is 4. The second-order valence-corrected chi connectivity index (χ2v) is 4.82. The fraction of sp³-hybridized carbons (Fsp3) is 0.455. The van der Waals surface area contributed by atoms with Gasteiger partial charge >= 0.3 is 0 Å². The van der Waals surface area contributed by atoms with Crippen LogP contribution in [0.3, 0.4) is 0 Å². The molecular formula is C11H13NO2S. The van der Waals surface area contributed by atoms with E-state index in [1.165, 1.54) is 11.3 Å². The molecule has 1 atom stereocenters. The first-order valence-corrected chi connectivity index (χ1v) is 6.23. The van der Waals surface area contributed by atoms with Gasteiger partial charge in [-0.1, -0.05) is 6.07 Å². The minimum Gasteiger partial charge on any atom is -0.486 e. The molecule has 0 bridgehead atoms. The van der Waals surface area contributed by atoms with E-state index >= 15 is 0 Å². The summed E-state index contributed by atoms with van der Waals surface area (Å²) in [6.07, 6.45) is 0. The summed E-state index contributed by atoms with van der Waals surface area (Å²) in [7, 11) is 0.